The number of nitrogen functional groups attached to an aromatic ring is 1. The smallest absolute Gasteiger partial charge is 0.181 e. The van der Waals surface area contributed by atoms with Crippen LogP contribution in [-0.2, 0) is 0 Å². The first kappa shape index (κ1) is 8.25. The van der Waals surface area contributed by atoms with Crippen LogP contribution in [0.3, 0.4) is 0 Å². The summed E-state index contributed by atoms with van der Waals surface area (Å²) < 4.78 is 2.35. The van der Waals surface area contributed by atoms with Crippen molar-refractivity contribution < 1.29 is 0 Å². The van der Waals surface area contributed by atoms with E-state index in [0.29, 0.717) is 5.13 Å². The number of hydrogen-bond acceptors (Lipinski definition) is 3. The summed E-state index contributed by atoms with van der Waals surface area (Å²) in [6.45, 7) is 2.08. The largest absolute Gasteiger partial charge is 0.375 e. The van der Waals surface area contributed by atoms with Gasteiger partial charge in [0.2, 0.25) is 0 Å². The Labute approximate surface area is 87.9 Å². The van der Waals surface area contributed by atoms with E-state index >= 15 is 0 Å². The lowest BCUT2D eigenvalue weighted by molar-refractivity contribution is 1.44. The first-order valence-electron chi connectivity index (χ1n) is 3.49. The van der Waals surface area contributed by atoms with Gasteiger partial charge in [0, 0.05) is 3.57 Å². The number of benzene rings is 1. The second-order valence-corrected chi connectivity index (χ2v) is 4.87. The van der Waals surface area contributed by atoms with E-state index in [1.807, 2.05) is 0 Å². The molecular formula is C8H7IN2S. The average Bonchev–Trinajstić information content (AvgIpc) is 2.29. The number of anilines is 1. The zero-order valence-corrected chi connectivity index (χ0v) is 9.44. The van der Waals surface area contributed by atoms with Gasteiger partial charge in [0.25, 0.3) is 0 Å². The Morgan fingerprint density at radius 3 is 3.00 bits per heavy atom. The summed E-state index contributed by atoms with van der Waals surface area (Å²) in [4.78, 5) is 4.24. The van der Waals surface area contributed by atoms with Crippen LogP contribution >= 0.6 is 33.9 Å². The van der Waals surface area contributed by atoms with Crippen molar-refractivity contribution in [3.8, 4) is 0 Å². The van der Waals surface area contributed by atoms with Gasteiger partial charge in [-0.25, -0.2) is 4.98 Å². The van der Waals surface area contributed by atoms with Gasteiger partial charge in [0.1, 0.15) is 0 Å². The van der Waals surface area contributed by atoms with Crippen LogP contribution in [0.5, 0.6) is 0 Å². The highest BCUT2D eigenvalue weighted by Crippen LogP contribution is 2.28. The fourth-order valence-electron chi connectivity index (χ4n) is 1.13. The van der Waals surface area contributed by atoms with E-state index in [-0.39, 0.29) is 0 Å². The third-order valence-electron chi connectivity index (χ3n) is 1.61. The summed E-state index contributed by atoms with van der Waals surface area (Å²) in [6.07, 6.45) is 0. The molecule has 2 rings (SSSR count). The van der Waals surface area contributed by atoms with Crippen LogP contribution in [0.25, 0.3) is 10.2 Å². The Morgan fingerprint density at radius 2 is 2.25 bits per heavy atom. The van der Waals surface area contributed by atoms with Gasteiger partial charge in [-0.1, -0.05) is 11.3 Å². The van der Waals surface area contributed by atoms with Crippen molar-refractivity contribution in [2.45, 2.75) is 6.92 Å². The highest BCUT2D eigenvalue weighted by molar-refractivity contribution is 14.1. The topological polar surface area (TPSA) is 38.9 Å². The van der Waals surface area contributed by atoms with Gasteiger partial charge in [-0.2, -0.15) is 0 Å². The molecule has 0 radical (unpaired) electrons. The number of thiazole rings is 1. The van der Waals surface area contributed by atoms with Gasteiger partial charge in [-0.15, -0.1) is 0 Å². The molecule has 2 nitrogen and oxygen atoms in total. The molecule has 0 saturated heterocycles. The second kappa shape index (κ2) is 2.85. The van der Waals surface area contributed by atoms with Crippen molar-refractivity contribution in [1.29, 1.82) is 0 Å². The summed E-state index contributed by atoms with van der Waals surface area (Å²) in [5, 5.41) is 0.647. The van der Waals surface area contributed by atoms with Crippen LogP contribution in [0.2, 0.25) is 0 Å². The van der Waals surface area contributed by atoms with Gasteiger partial charge >= 0.3 is 0 Å². The number of rotatable bonds is 0. The normalized spacial score (nSPS) is 10.8. The molecule has 0 bridgehead atoms. The summed E-state index contributed by atoms with van der Waals surface area (Å²) in [5.41, 5.74) is 7.90. The van der Waals surface area contributed by atoms with E-state index in [9.17, 15) is 0 Å². The first-order chi connectivity index (χ1) is 5.66. The molecule has 0 aliphatic rings. The predicted octanol–water partition coefficient (Wildman–Crippen LogP) is 2.79. The van der Waals surface area contributed by atoms with E-state index in [4.69, 9.17) is 5.73 Å². The number of hydrogen-bond donors (Lipinski definition) is 1. The monoisotopic (exact) mass is 290 g/mol. The van der Waals surface area contributed by atoms with Gasteiger partial charge < -0.3 is 5.73 Å². The van der Waals surface area contributed by atoms with E-state index in [1.54, 1.807) is 11.3 Å². The molecule has 0 saturated carbocycles. The highest BCUT2D eigenvalue weighted by atomic mass is 127. The summed E-state index contributed by atoms with van der Waals surface area (Å²) in [5.74, 6) is 0. The molecule has 12 heavy (non-hydrogen) atoms. The van der Waals surface area contributed by atoms with E-state index in [1.165, 1.54) is 13.8 Å². The second-order valence-electron chi connectivity index (χ2n) is 2.65. The standard InChI is InChI=1S/C8H7IN2S/c1-4-2-5(9)7-6(3-4)12-8(10)11-7/h2-3H,1H3,(H2,10,11). The maximum absolute atomic E-state index is 5.61. The van der Waals surface area contributed by atoms with Crippen LogP contribution < -0.4 is 5.73 Å². The molecule has 0 atom stereocenters. The van der Waals surface area contributed by atoms with Gasteiger partial charge in [0.05, 0.1) is 10.2 Å². The van der Waals surface area contributed by atoms with Crippen molar-refractivity contribution in [2.75, 3.05) is 5.73 Å². The molecule has 1 aromatic heterocycles. The molecular weight excluding hydrogens is 283 g/mol. The quantitative estimate of drug-likeness (QED) is 0.758. The fraction of sp³-hybridized carbons (Fsp3) is 0.125. The lowest BCUT2D eigenvalue weighted by Gasteiger charge is -1.94. The van der Waals surface area contributed by atoms with Crippen LogP contribution in [0.15, 0.2) is 12.1 Å². The zero-order chi connectivity index (χ0) is 8.72. The summed E-state index contributed by atoms with van der Waals surface area (Å²) >= 11 is 3.83. The summed E-state index contributed by atoms with van der Waals surface area (Å²) in [6, 6.07) is 4.23. The van der Waals surface area contributed by atoms with Gasteiger partial charge in [0.15, 0.2) is 5.13 Å². The van der Waals surface area contributed by atoms with E-state index in [0.717, 1.165) is 5.52 Å². The molecule has 0 aliphatic carbocycles. The predicted molar refractivity (Wildman–Crippen MR) is 61.5 cm³/mol. The van der Waals surface area contributed by atoms with Crippen molar-refractivity contribution >= 4 is 49.3 Å². The number of halogens is 1. The lowest BCUT2D eigenvalue weighted by atomic mass is 10.2. The molecule has 0 unspecified atom stereocenters. The minimum Gasteiger partial charge on any atom is -0.375 e. The zero-order valence-electron chi connectivity index (χ0n) is 6.47. The van der Waals surface area contributed by atoms with E-state index in [2.05, 4.69) is 46.6 Å². The number of aromatic nitrogens is 1. The first-order valence-corrected chi connectivity index (χ1v) is 5.38. The number of nitrogens with two attached hydrogens (primary N) is 1. The van der Waals surface area contributed by atoms with Gasteiger partial charge in [-0.05, 0) is 47.2 Å². The van der Waals surface area contributed by atoms with Crippen molar-refractivity contribution in [3.63, 3.8) is 0 Å². The highest BCUT2D eigenvalue weighted by Gasteiger charge is 2.04. The lowest BCUT2D eigenvalue weighted by Crippen LogP contribution is -1.81. The number of fused-ring (bicyclic) bond motifs is 1. The molecule has 62 valence electrons. The minimum atomic E-state index is 0.647. The fourth-order valence-corrected chi connectivity index (χ4v) is 3.08. The number of nitrogens with zero attached hydrogens (tertiary/aromatic N) is 1. The van der Waals surface area contributed by atoms with Crippen LogP contribution in [-0.4, -0.2) is 4.98 Å². The van der Waals surface area contributed by atoms with Crippen molar-refractivity contribution in [3.05, 3.63) is 21.3 Å². The molecule has 0 aliphatic heterocycles. The van der Waals surface area contributed by atoms with Crippen molar-refractivity contribution in [1.82, 2.24) is 4.98 Å². The van der Waals surface area contributed by atoms with Crippen LogP contribution in [0.1, 0.15) is 5.56 Å². The maximum Gasteiger partial charge on any atom is 0.181 e. The minimum absolute atomic E-state index is 0.647. The molecule has 1 heterocycles. The molecule has 2 aromatic rings. The number of aryl methyl sites for hydroxylation is 1. The molecule has 1 aromatic carbocycles. The molecule has 0 fully saturated rings. The Morgan fingerprint density at radius 1 is 1.50 bits per heavy atom. The third kappa shape index (κ3) is 1.29. The Balaban J connectivity index is 2.88. The third-order valence-corrected chi connectivity index (χ3v) is 3.26. The molecule has 0 spiro atoms. The SMILES string of the molecule is Cc1cc(I)c2nc(N)sc2c1. The summed E-state index contributed by atoms with van der Waals surface area (Å²) in [7, 11) is 0. The average molecular weight is 290 g/mol. The van der Waals surface area contributed by atoms with E-state index < -0.39 is 0 Å². The van der Waals surface area contributed by atoms with Crippen molar-refractivity contribution in [2.24, 2.45) is 0 Å². The molecule has 2 N–H and O–H groups in total. The Hall–Kier alpha value is -0.360. The van der Waals surface area contributed by atoms with Crippen LogP contribution in [0, 0.1) is 10.5 Å². The molecule has 4 heteroatoms. The van der Waals surface area contributed by atoms with Crippen LogP contribution in [0.4, 0.5) is 5.13 Å². The molecule has 0 amide bonds. The van der Waals surface area contributed by atoms with Gasteiger partial charge in [-0.3, -0.25) is 0 Å². The maximum atomic E-state index is 5.61. The Bertz CT molecular complexity index is 436. The Kier molecular flexibility index (Phi) is 1.96.